The lowest BCUT2D eigenvalue weighted by Crippen LogP contribution is -2.32. The predicted octanol–water partition coefficient (Wildman–Crippen LogP) is 3.07. The fourth-order valence-electron chi connectivity index (χ4n) is 2.36. The Hall–Kier alpha value is -1.03. The number of aromatic carboxylic acids is 1. The van der Waals surface area contributed by atoms with E-state index < -0.39 is 5.97 Å². The maximum Gasteiger partial charge on any atom is 0.345 e. The Morgan fingerprint density at radius 2 is 2.31 bits per heavy atom. The zero-order chi connectivity index (χ0) is 11.7. The fraction of sp³-hybridized carbons (Fsp3) is 0.583. The first-order valence-corrected chi connectivity index (χ1v) is 6.51. The maximum atomic E-state index is 10.8. The molecule has 1 aromatic rings. The Balaban J connectivity index is 2.19. The van der Waals surface area contributed by atoms with Gasteiger partial charge in [0.1, 0.15) is 4.88 Å². The van der Waals surface area contributed by atoms with E-state index in [0.29, 0.717) is 16.8 Å². The van der Waals surface area contributed by atoms with Crippen LogP contribution in [-0.2, 0) is 0 Å². The smallest absolute Gasteiger partial charge is 0.345 e. The van der Waals surface area contributed by atoms with Gasteiger partial charge in [0.2, 0.25) is 0 Å². The minimum absolute atomic E-state index is 0.435. The molecule has 3 nitrogen and oxygen atoms in total. The van der Waals surface area contributed by atoms with Gasteiger partial charge < -0.3 is 10.0 Å². The van der Waals surface area contributed by atoms with Gasteiger partial charge in [-0.15, -0.1) is 11.3 Å². The van der Waals surface area contributed by atoms with Gasteiger partial charge in [-0.3, -0.25) is 0 Å². The molecule has 0 aliphatic carbocycles. The van der Waals surface area contributed by atoms with Crippen molar-refractivity contribution < 1.29 is 9.90 Å². The Bertz CT molecular complexity index is 386. The fourth-order valence-corrected chi connectivity index (χ4v) is 3.28. The highest BCUT2D eigenvalue weighted by molar-refractivity contribution is 7.17. The van der Waals surface area contributed by atoms with Crippen LogP contribution in [-0.4, -0.2) is 23.7 Å². The van der Waals surface area contributed by atoms with Gasteiger partial charge in [-0.25, -0.2) is 4.79 Å². The molecule has 1 atom stereocenters. The summed E-state index contributed by atoms with van der Waals surface area (Å²) in [6.07, 6.45) is 2.43. The number of thiophene rings is 1. The molecule has 0 radical (unpaired) electrons. The molecular weight excluding hydrogens is 222 g/mol. The van der Waals surface area contributed by atoms with Gasteiger partial charge in [0.05, 0.1) is 5.00 Å². The second-order valence-corrected chi connectivity index (χ2v) is 5.65. The molecular formula is C12H17NO2S. The van der Waals surface area contributed by atoms with Crippen molar-refractivity contribution in [2.75, 3.05) is 11.4 Å². The van der Waals surface area contributed by atoms with Gasteiger partial charge in [0.25, 0.3) is 0 Å². The number of nitrogens with zero attached hydrogens (tertiary/aromatic N) is 1. The van der Waals surface area contributed by atoms with Crippen LogP contribution >= 0.6 is 11.3 Å². The first-order valence-electron chi connectivity index (χ1n) is 5.69. The molecule has 0 amide bonds. The third-order valence-corrected chi connectivity index (χ3v) is 4.26. The maximum absolute atomic E-state index is 10.8. The van der Waals surface area contributed by atoms with Crippen molar-refractivity contribution in [1.82, 2.24) is 0 Å². The third-order valence-electron chi connectivity index (χ3n) is 3.15. The standard InChI is InChI=1S/C12H17NO2S/c1-8(2)9-4-3-7-13(9)11-6-5-10(16-11)12(14)15/h5-6,8-9H,3-4,7H2,1-2H3,(H,14,15). The van der Waals surface area contributed by atoms with Crippen molar-refractivity contribution >= 4 is 22.3 Å². The zero-order valence-electron chi connectivity index (χ0n) is 9.64. The normalized spacial score (nSPS) is 20.7. The lowest BCUT2D eigenvalue weighted by Gasteiger charge is -2.28. The summed E-state index contributed by atoms with van der Waals surface area (Å²) in [6.45, 7) is 5.52. The summed E-state index contributed by atoms with van der Waals surface area (Å²) < 4.78 is 0. The molecule has 0 bridgehead atoms. The summed E-state index contributed by atoms with van der Waals surface area (Å²) in [5, 5.41) is 10.0. The van der Waals surface area contributed by atoms with Crippen LogP contribution < -0.4 is 4.90 Å². The van der Waals surface area contributed by atoms with E-state index in [-0.39, 0.29) is 0 Å². The molecule has 2 rings (SSSR count). The predicted molar refractivity (Wildman–Crippen MR) is 66.5 cm³/mol. The number of carboxylic acids is 1. The van der Waals surface area contributed by atoms with Crippen LogP contribution in [0.25, 0.3) is 0 Å². The van der Waals surface area contributed by atoms with E-state index in [9.17, 15) is 4.79 Å². The molecule has 1 unspecified atom stereocenters. The second-order valence-electron chi connectivity index (χ2n) is 4.59. The molecule has 0 aromatic carbocycles. The Kier molecular flexibility index (Phi) is 3.19. The van der Waals surface area contributed by atoms with Crippen LogP contribution in [0.4, 0.5) is 5.00 Å². The minimum Gasteiger partial charge on any atom is -0.477 e. The number of carbonyl (C=O) groups is 1. The molecule has 0 saturated carbocycles. The summed E-state index contributed by atoms with van der Waals surface area (Å²) in [7, 11) is 0. The Morgan fingerprint density at radius 3 is 2.88 bits per heavy atom. The van der Waals surface area contributed by atoms with E-state index in [1.54, 1.807) is 6.07 Å². The molecule has 1 aromatic heterocycles. The van der Waals surface area contributed by atoms with Crippen molar-refractivity contribution in [3.63, 3.8) is 0 Å². The monoisotopic (exact) mass is 239 g/mol. The number of hydrogen-bond donors (Lipinski definition) is 1. The van der Waals surface area contributed by atoms with Crippen LogP contribution in [0, 0.1) is 5.92 Å². The van der Waals surface area contributed by atoms with E-state index >= 15 is 0 Å². The molecule has 4 heteroatoms. The first kappa shape index (κ1) is 11.5. The van der Waals surface area contributed by atoms with Gasteiger partial charge >= 0.3 is 5.97 Å². The van der Waals surface area contributed by atoms with Crippen LogP contribution in [0.15, 0.2) is 12.1 Å². The van der Waals surface area contributed by atoms with Crippen molar-refractivity contribution in [3.05, 3.63) is 17.0 Å². The summed E-state index contributed by atoms with van der Waals surface area (Å²) in [5.74, 6) is -0.200. The largest absolute Gasteiger partial charge is 0.477 e. The van der Waals surface area contributed by atoms with Crippen LogP contribution in [0.3, 0.4) is 0 Å². The Labute approximate surface area is 99.7 Å². The highest BCUT2D eigenvalue weighted by Gasteiger charge is 2.28. The van der Waals surface area contributed by atoms with Gasteiger partial charge in [-0.2, -0.15) is 0 Å². The second kappa shape index (κ2) is 4.45. The first-order chi connectivity index (χ1) is 7.59. The molecule has 16 heavy (non-hydrogen) atoms. The highest BCUT2D eigenvalue weighted by atomic mass is 32.1. The van der Waals surface area contributed by atoms with Crippen molar-refractivity contribution in [1.29, 1.82) is 0 Å². The lowest BCUT2D eigenvalue weighted by molar-refractivity contribution is 0.0702. The number of hydrogen-bond acceptors (Lipinski definition) is 3. The van der Waals surface area contributed by atoms with Gasteiger partial charge in [0, 0.05) is 12.6 Å². The average Bonchev–Trinajstić information content (AvgIpc) is 2.86. The number of carboxylic acid groups (broad SMARTS) is 1. The molecule has 2 heterocycles. The van der Waals surface area contributed by atoms with E-state index in [4.69, 9.17) is 5.11 Å². The van der Waals surface area contributed by atoms with Crippen molar-refractivity contribution in [2.45, 2.75) is 32.7 Å². The molecule has 1 aliphatic heterocycles. The topological polar surface area (TPSA) is 40.5 Å². The molecule has 88 valence electrons. The zero-order valence-corrected chi connectivity index (χ0v) is 10.5. The van der Waals surface area contributed by atoms with E-state index in [2.05, 4.69) is 18.7 Å². The van der Waals surface area contributed by atoms with Crippen LogP contribution in [0.5, 0.6) is 0 Å². The summed E-state index contributed by atoms with van der Waals surface area (Å²) in [4.78, 5) is 13.6. The van der Waals surface area contributed by atoms with E-state index in [0.717, 1.165) is 11.5 Å². The van der Waals surface area contributed by atoms with E-state index in [1.165, 1.54) is 24.2 Å². The number of rotatable bonds is 3. The molecule has 1 N–H and O–H groups in total. The molecule has 1 fully saturated rings. The summed E-state index contributed by atoms with van der Waals surface area (Å²) in [5.41, 5.74) is 0. The Morgan fingerprint density at radius 1 is 1.56 bits per heavy atom. The molecule has 1 aliphatic rings. The summed E-state index contributed by atoms with van der Waals surface area (Å²) in [6, 6.07) is 4.22. The summed E-state index contributed by atoms with van der Waals surface area (Å²) >= 11 is 1.39. The van der Waals surface area contributed by atoms with Crippen molar-refractivity contribution in [3.8, 4) is 0 Å². The molecule has 0 spiro atoms. The van der Waals surface area contributed by atoms with E-state index in [1.807, 2.05) is 6.07 Å². The van der Waals surface area contributed by atoms with Crippen LogP contribution in [0.1, 0.15) is 36.4 Å². The number of anilines is 1. The average molecular weight is 239 g/mol. The highest BCUT2D eigenvalue weighted by Crippen LogP contribution is 2.34. The minimum atomic E-state index is -0.823. The van der Waals surface area contributed by atoms with Gasteiger partial charge in [-0.1, -0.05) is 13.8 Å². The SMILES string of the molecule is CC(C)C1CCCN1c1ccc(C(=O)O)s1. The lowest BCUT2D eigenvalue weighted by atomic mass is 10.0. The van der Waals surface area contributed by atoms with Gasteiger partial charge in [0.15, 0.2) is 0 Å². The third kappa shape index (κ3) is 2.07. The quantitative estimate of drug-likeness (QED) is 0.881. The molecule has 1 saturated heterocycles. The van der Waals surface area contributed by atoms with Crippen molar-refractivity contribution in [2.24, 2.45) is 5.92 Å². The van der Waals surface area contributed by atoms with Gasteiger partial charge in [-0.05, 0) is 30.9 Å². The van der Waals surface area contributed by atoms with Crippen LogP contribution in [0.2, 0.25) is 0 Å².